The number of hydrogen-bond acceptors (Lipinski definition) is 3. The Morgan fingerprint density at radius 3 is 2.72 bits per heavy atom. The largest absolute Gasteiger partial charge is 0.391 e. The lowest BCUT2D eigenvalue weighted by Crippen LogP contribution is -2.32. The molecule has 5 heteroatoms. The molecule has 0 radical (unpaired) electrons. The second-order valence-electron chi connectivity index (χ2n) is 3.95. The van der Waals surface area contributed by atoms with E-state index in [0.29, 0.717) is 30.4 Å². The van der Waals surface area contributed by atoms with Gasteiger partial charge in [-0.3, -0.25) is 0 Å². The van der Waals surface area contributed by atoms with Gasteiger partial charge in [0, 0.05) is 13.1 Å². The Morgan fingerprint density at radius 1 is 1.50 bits per heavy atom. The lowest BCUT2D eigenvalue weighted by molar-refractivity contribution is 0.116. The lowest BCUT2D eigenvalue weighted by Gasteiger charge is -2.24. The topological polar surface area (TPSA) is 38.5 Å². The number of anilines is 1. The summed E-state index contributed by atoms with van der Waals surface area (Å²) in [6.07, 6.45) is -0.251. The number of nitrogens with zero attached hydrogens (tertiary/aromatic N) is 1. The summed E-state index contributed by atoms with van der Waals surface area (Å²) in [4.78, 5) is 2.26. The van der Waals surface area contributed by atoms with E-state index in [1.165, 1.54) is 6.07 Å². The monoisotopic (exact) mass is 270 g/mol. The SMILES string of the molecule is CCN(CCOC(C)C(N)=S)c1ccccc1F. The Morgan fingerprint density at radius 2 is 2.17 bits per heavy atom. The van der Waals surface area contributed by atoms with Crippen LogP contribution in [0.3, 0.4) is 0 Å². The number of rotatable bonds is 7. The lowest BCUT2D eigenvalue weighted by atomic mass is 10.2. The Kier molecular flexibility index (Phi) is 6.01. The zero-order valence-electron chi connectivity index (χ0n) is 10.7. The first-order valence-electron chi connectivity index (χ1n) is 5.96. The van der Waals surface area contributed by atoms with Crippen LogP contribution in [-0.4, -0.2) is 30.8 Å². The molecule has 0 aromatic heterocycles. The molecule has 0 fully saturated rings. The van der Waals surface area contributed by atoms with Crippen LogP contribution in [0.15, 0.2) is 24.3 Å². The quantitative estimate of drug-likeness (QED) is 0.772. The highest BCUT2D eigenvalue weighted by atomic mass is 32.1. The van der Waals surface area contributed by atoms with E-state index < -0.39 is 0 Å². The molecule has 1 unspecified atom stereocenters. The van der Waals surface area contributed by atoms with E-state index in [1.54, 1.807) is 12.1 Å². The number of likely N-dealkylation sites (N-methyl/N-ethyl adjacent to an activating group) is 1. The fraction of sp³-hybridized carbons (Fsp3) is 0.462. The number of hydrogen-bond donors (Lipinski definition) is 1. The van der Waals surface area contributed by atoms with Crippen LogP contribution in [0.2, 0.25) is 0 Å². The van der Waals surface area contributed by atoms with Crippen molar-refractivity contribution < 1.29 is 9.13 Å². The van der Waals surface area contributed by atoms with Crippen LogP contribution in [0.4, 0.5) is 10.1 Å². The summed E-state index contributed by atoms with van der Waals surface area (Å²) in [6, 6.07) is 6.71. The van der Waals surface area contributed by atoms with Crippen molar-refractivity contribution in [1.82, 2.24) is 0 Å². The third-order valence-electron chi connectivity index (χ3n) is 2.70. The fourth-order valence-corrected chi connectivity index (χ4v) is 1.65. The van der Waals surface area contributed by atoms with Gasteiger partial charge >= 0.3 is 0 Å². The molecule has 0 saturated heterocycles. The molecule has 0 saturated carbocycles. The minimum atomic E-state index is -0.251. The van der Waals surface area contributed by atoms with Gasteiger partial charge in [-0.05, 0) is 26.0 Å². The summed E-state index contributed by atoms with van der Waals surface area (Å²) in [6.45, 7) is 5.56. The normalized spacial score (nSPS) is 12.2. The zero-order chi connectivity index (χ0) is 13.5. The number of para-hydroxylation sites is 1. The van der Waals surface area contributed by atoms with Crippen LogP contribution in [0.1, 0.15) is 13.8 Å². The van der Waals surface area contributed by atoms with Gasteiger partial charge in [0.1, 0.15) is 16.9 Å². The van der Waals surface area contributed by atoms with Crippen molar-refractivity contribution >= 4 is 22.9 Å². The highest BCUT2D eigenvalue weighted by molar-refractivity contribution is 7.80. The van der Waals surface area contributed by atoms with Crippen molar-refractivity contribution in [3.8, 4) is 0 Å². The van der Waals surface area contributed by atoms with Crippen LogP contribution in [0.5, 0.6) is 0 Å². The van der Waals surface area contributed by atoms with Gasteiger partial charge in [0.15, 0.2) is 0 Å². The van der Waals surface area contributed by atoms with E-state index in [2.05, 4.69) is 0 Å². The molecule has 18 heavy (non-hydrogen) atoms. The van der Waals surface area contributed by atoms with Crippen molar-refractivity contribution in [1.29, 1.82) is 0 Å². The molecule has 0 spiro atoms. The summed E-state index contributed by atoms with van der Waals surface area (Å²) >= 11 is 4.82. The zero-order valence-corrected chi connectivity index (χ0v) is 11.5. The van der Waals surface area contributed by atoms with Gasteiger partial charge in [0.25, 0.3) is 0 Å². The Bertz CT molecular complexity index is 400. The van der Waals surface area contributed by atoms with E-state index in [0.717, 1.165) is 0 Å². The van der Waals surface area contributed by atoms with Gasteiger partial charge in [0.05, 0.1) is 12.3 Å². The predicted molar refractivity (Wildman–Crippen MR) is 76.5 cm³/mol. The van der Waals surface area contributed by atoms with Gasteiger partial charge in [0.2, 0.25) is 0 Å². The van der Waals surface area contributed by atoms with E-state index >= 15 is 0 Å². The van der Waals surface area contributed by atoms with Gasteiger partial charge < -0.3 is 15.4 Å². The van der Waals surface area contributed by atoms with Crippen LogP contribution in [0, 0.1) is 5.82 Å². The van der Waals surface area contributed by atoms with E-state index in [9.17, 15) is 4.39 Å². The molecule has 0 aliphatic heterocycles. The predicted octanol–water partition coefficient (Wildman–Crippen LogP) is 2.34. The Balaban J connectivity index is 2.53. The summed E-state index contributed by atoms with van der Waals surface area (Å²) in [5, 5.41) is 0. The maximum Gasteiger partial charge on any atom is 0.146 e. The van der Waals surface area contributed by atoms with E-state index in [4.69, 9.17) is 22.7 Å². The first-order chi connectivity index (χ1) is 8.56. The average molecular weight is 270 g/mol. The second-order valence-corrected chi connectivity index (χ2v) is 4.42. The maximum atomic E-state index is 13.6. The molecule has 1 aromatic rings. The van der Waals surface area contributed by atoms with Gasteiger partial charge in [-0.2, -0.15) is 0 Å². The molecule has 0 bridgehead atoms. The standard InChI is InChI=1S/C13H19FN2OS/c1-3-16(8-9-17-10(2)13(15)18)12-7-5-4-6-11(12)14/h4-7,10H,3,8-9H2,1-2H3,(H2,15,18). The third-order valence-corrected chi connectivity index (χ3v) is 3.04. The molecule has 1 atom stereocenters. The Labute approximate surface area is 113 Å². The maximum absolute atomic E-state index is 13.6. The third kappa shape index (κ3) is 4.23. The highest BCUT2D eigenvalue weighted by Crippen LogP contribution is 2.17. The molecular formula is C13H19FN2OS. The van der Waals surface area contributed by atoms with Crippen molar-refractivity contribution in [3.63, 3.8) is 0 Å². The molecule has 0 aliphatic carbocycles. The molecule has 100 valence electrons. The average Bonchev–Trinajstić information content (AvgIpc) is 2.35. The summed E-state index contributed by atoms with van der Waals surface area (Å²) in [5.74, 6) is -0.221. The molecular weight excluding hydrogens is 251 g/mol. The first-order valence-corrected chi connectivity index (χ1v) is 6.37. The minimum absolute atomic E-state index is 0.221. The minimum Gasteiger partial charge on any atom is -0.391 e. The van der Waals surface area contributed by atoms with Crippen molar-refractivity contribution in [2.24, 2.45) is 5.73 Å². The van der Waals surface area contributed by atoms with E-state index in [1.807, 2.05) is 24.8 Å². The van der Waals surface area contributed by atoms with Crippen LogP contribution < -0.4 is 10.6 Å². The summed E-state index contributed by atoms with van der Waals surface area (Å²) < 4.78 is 19.1. The van der Waals surface area contributed by atoms with Crippen molar-refractivity contribution in [2.45, 2.75) is 20.0 Å². The van der Waals surface area contributed by atoms with Crippen LogP contribution in [0.25, 0.3) is 0 Å². The van der Waals surface area contributed by atoms with Gasteiger partial charge in [-0.15, -0.1) is 0 Å². The second kappa shape index (κ2) is 7.28. The number of benzene rings is 1. The van der Waals surface area contributed by atoms with Crippen LogP contribution >= 0.6 is 12.2 Å². The molecule has 2 N–H and O–H groups in total. The number of ether oxygens (including phenoxy) is 1. The van der Waals surface area contributed by atoms with Gasteiger partial charge in [-0.1, -0.05) is 24.4 Å². The molecule has 1 rings (SSSR count). The number of nitrogens with two attached hydrogens (primary N) is 1. The molecule has 3 nitrogen and oxygen atoms in total. The van der Waals surface area contributed by atoms with Crippen molar-refractivity contribution in [2.75, 3.05) is 24.6 Å². The molecule has 0 aliphatic rings. The fourth-order valence-electron chi connectivity index (χ4n) is 1.58. The number of halogens is 1. The first kappa shape index (κ1) is 14.9. The van der Waals surface area contributed by atoms with Crippen LogP contribution in [-0.2, 0) is 4.74 Å². The van der Waals surface area contributed by atoms with Crippen molar-refractivity contribution in [3.05, 3.63) is 30.1 Å². The molecule has 0 amide bonds. The smallest absolute Gasteiger partial charge is 0.146 e. The molecule has 0 heterocycles. The Hall–Kier alpha value is -1.20. The molecule has 1 aromatic carbocycles. The number of thiocarbonyl (C=S) groups is 1. The van der Waals surface area contributed by atoms with E-state index in [-0.39, 0.29) is 11.9 Å². The van der Waals surface area contributed by atoms with Gasteiger partial charge in [-0.25, -0.2) is 4.39 Å². The summed E-state index contributed by atoms with van der Waals surface area (Å²) in [5.41, 5.74) is 6.04. The summed E-state index contributed by atoms with van der Waals surface area (Å²) in [7, 11) is 0. The highest BCUT2D eigenvalue weighted by Gasteiger charge is 2.10.